The molecular formula is C21H26FN. The third kappa shape index (κ3) is 4.19. The van der Waals surface area contributed by atoms with Crippen molar-refractivity contribution in [2.45, 2.75) is 58.3 Å². The van der Waals surface area contributed by atoms with Crippen molar-refractivity contribution >= 4 is 0 Å². The molecule has 0 atom stereocenters. The van der Waals surface area contributed by atoms with E-state index in [9.17, 15) is 4.39 Å². The molecule has 2 aromatic rings. The van der Waals surface area contributed by atoms with Crippen LogP contribution in [0, 0.1) is 18.8 Å². The van der Waals surface area contributed by atoms with E-state index in [0.717, 1.165) is 30.4 Å². The molecule has 3 rings (SSSR count). The number of benzene rings is 1. The Bertz CT molecular complexity index is 639. The van der Waals surface area contributed by atoms with Crippen LogP contribution in [-0.2, 0) is 12.8 Å². The van der Waals surface area contributed by atoms with Crippen LogP contribution in [-0.4, -0.2) is 4.98 Å². The lowest BCUT2D eigenvalue weighted by atomic mass is 9.79. The van der Waals surface area contributed by atoms with Gasteiger partial charge < -0.3 is 0 Å². The van der Waals surface area contributed by atoms with Gasteiger partial charge in [0.25, 0.3) is 0 Å². The van der Waals surface area contributed by atoms with Crippen LogP contribution >= 0.6 is 0 Å². The van der Waals surface area contributed by atoms with Gasteiger partial charge in [-0.1, -0.05) is 50.1 Å². The van der Waals surface area contributed by atoms with E-state index in [1.165, 1.54) is 36.8 Å². The first-order chi connectivity index (χ1) is 11.1. The molecule has 1 aliphatic rings. The first-order valence-corrected chi connectivity index (χ1v) is 8.82. The molecule has 2 heteroatoms. The smallest absolute Gasteiger partial charge is 0.215 e. The Morgan fingerprint density at radius 3 is 2.30 bits per heavy atom. The van der Waals surface area contributed by atoms with Gasteiger partial charge in [0.1, 0.15) is 0 Å². The Kier molecular flexibility index (Phi) is 5.09. The summed E-state index contributed by atoms with van der Waals surface area (Å²) in [6, 6.07) is 12.8. The normalized spacial score (nSPS) is 21.3. The quantitative estimate of drug-likeness (QED) is 0.669. The van der Waals surface area contributed by atoms with Crippen LogP contribution in [0.5, 0.6) is 0 Å². The monoisotopic (exact) mass is 311 g/mol. The molecule has 1 saturated carbocycles. The summed E-state index contributed by atoms with van der Waals surface area (Å²) in [6.45, 7) is 4.11. The van der Waals surface area contributed by atoms with Gasteiger partial charge in [0.15, 0.2) is 0 Å². The zero-order valence-electron chi connectivity index (χ0n) is 14.2. The minimum Gasteiger partial charge on any atom is -0.225 e. The summed E-state index contributed by atoms with van der Waals surface area (Å²) < 4.78 is 13.5. The third-order valence-electron chi connectivity index (χ3n) is 5.23. The van der Waals surface area contributed by atoms with Crippen LogP contribution in [0.25, 0.3) is 0 Å². The first kappa shape index (κ1) is 16.2. The van der Waals surface area contributed by atoms with E-state index in [2.05, 4.69) is 36.2 Å². The van der Waals surface area contributed by atoms with E-state index >= 15 is 0 Å². The number of aromatic nitrogens is 1. The summed E-state index contributed by atoms with van der Waals surface area (Å²) in [6.07, 6.45) is 7.07. The van der Waals surface area contributed by atoms with E-state index in [4.69, 9.17) is 0 Å². The van der Waals surface area contributed by atoms with Crippen LogP contribution in [0.3, 0.4) is 0 Å². The van der Waals surface area contributed by atoms with Gasteiger partial charge in [0.2, 0.25) is 5.95 Å². The highest BCUT2D eigenvalue weighted by Gasteiger charge is 2.19. The Morgan fingerprint density at radius 1 is 0.957 bits per heavy atom. The van der Waals surface area contributed by atoms with Gasteiger partial charge in [0.05, 0.1) is 0 Å². The number of rotatable bonds is 4. The SMILES string of the molecule is Cc1ccc(CCc2ccc(C3CCC(C)CC3)cc2)nc1F. The standard InChI is InChI=1S/C21H26FN/c1-15-3-9-18(10-4-15)19-11-6-17(7-12-19)8-14-20-13-5-16(2)21(22)23-20/h5-7,11-13,15,18H,3-4,8-10,14H2,1-2H3. The minimum atomic E-state index is -0.343. The lowest BCUT2D eigenvalue weighted by Gasteiger charge is -2.26. The fraction of sp³-hybridized carbons (Fsp3) is 0.476. The molecule has 0 amide bonds. The lowest BCUT2D eigenvalue weighted by Crippen LogP contribution is -2.10. The molecule has 0 bridgehead atoms. The topological polar surface area (TPSA) is 12.9 Å². The zero-order chi connectivity index (χ0) is 16.2. The molecule has 0 radical (unpaired) electrons. The second kappa shape index (κ2) is 7.25. The summed E-state index contributed by atoms with van der Waals surface area (Å²) in [4.78, 5) is 4.02. The van der Waals surface area contributed by atoms with Crippen molar-refractivity contribution in [2.24, 2.45) is 5.92 Å². The highest BCUT2D eigenvalue weighted by atomic mass is 19.1. The Hall–Kier alpha value is -1.70. The molecule has 122 valence electrons. The molecule has 0 unspecified atom stereocenters. The van der Waals surface area contributed by atoms with E-state index in [1.54, 1.807) is 6.92 Å². The molecule has 1 heterocycles. The van der Waals surface area contributed by atoms with Gasteiger partial charge in [-0.05, 0) is 61.6 Å². The predicted octanol–water partition coefficient (Wildman–Crippen LogP) is 5.61. The van der Waals surface area contributed by atoms with Crippen LogP contribution in [0.15, 0.2) is 36.4 Å². The molecule has 0 aliphatic heterocycles. The zero-order valence-corrected chi connectivity index (χ0v) is 14.2. The lowest BCUT2D eigenvalue weighted by molar-refractivity contribution is 0.348. The number of hydrogen-bond acceptors (Lipinski definition) is 1. The maximum atomic E-state index is 13.5. The van der Waals surface area contributed by atoms with Crippen LogP contribution < -0.4 is 0 Å². The fourth-order valence-electron chi connectivity index (χ4n) is 3.50. The van der Waals surface area contributed by atoms with Crippen LogP contribution in [0.2, 0.25) is 0 Å². The first-order valence-electron chi connectivity index (χ1n) is 8.82. The summed E-state index contributed by atoms with van der Waals surface area (Å²) in [5.41, 5.74) is 4.24. The van der Waals surface area contributed by atoms with Gasteiger partial charge in [-0.2, -0.15) is 4.39 Å². The second-order valence-electron chi connectivity index (χ2n) is 7.11. The molecule has 1 aromatic heterocycles. The van der Waals surface area contributed by atoms with Crippen molar-refractivity contribution in [3.8, 4) is 0 Å². The van der Waals surface area contributed by atoms with Crippen molar-refractivity contribution in [3.05, 3.63) is 64.7 Å². The summed E-state index contributed by atoms with van der Waals surface area (Å²) in [7, 11) is 0. The highest BCUT2D eigenvalue weighted by molar-refractivity contribution is 5.26. The third-order valence-corrected chi connectivity index (χ3v) is 5.23. The van der Waals surface area contributed by atoms with Gasteiger partial charge in [-0.15, -0.1) is 0 Å². The number of hydrogen-bond donors (Lipinski definition) is 0. The molecule has 0 N–H and O–H groups in total. The summed E-state index contributed by atoms with van der Waals surface area (Å²) >= 11 is 0. The fourth-order valence-corrected chi connectivity index (χ4v) is 3.50. The average Bonchev–Trinajstić information content (AvgIpc) is 2.57. The van der Waals surface area contributed by atoms with Crippen LogP contribution in [0.4, 0.5) is 4.39 Å². The largest absolute Gasteiger partial charge is 0.225 e. The molecular weight excluding hydrogens is 285 g/mol. The molecule has 1 fully saturated rings. The van der Waals surface area contributed by atoms with Crippen LogP contribution in [0.1, 0.15) is 60.9 Å². The van der Waals surface area contributed by atoms with Gasteiger partial charge >= 0.3 is 0 Å². The van der Waals surface area contributed by atoms with Crippen molar-refractivity contribution in [3.63, 3.8) is 0 Å². The van der Waals surface area contributed by atoms with E-state index in [1.807, 2.05) is 12.1 Å². The van der Waals surface area contributed by atoms with Gasteiger partial charge in [0, 0.05) is 11.3 Å². The Labute approximate surface area is 139 Å². The highest BCUT2D eigenvalue weighted by Crippen LogP contribution is 2.35. The van der Waals surface area contributed by atoms with Crippen molar-refractivity contribution in [1.82, 2.24) is 4.98 Å². The van der Waals surface area contributed by atoms with E-state index in [0.29, 0.717) is 5.56 Å². The summed E-state index contributed by atoms with van der Waals surface area (Å²) in [5, 5.41) is 0. The number of aryl methyl sites for hydroxylation is 3. The van der Waals surface area contributed by atoms with Crippen molar-refractivity contribution in [1.29, 1.82) is 0 Å². The molecule has 23 heavy (non-hydrogen) atoms. The maximum absolute atomic E-state index is 13.5. The maximum Gasteiger partial charge on any atom is 0.215 e. The summed E-state index contributed by atoms with van der Waals surface area (Å²) in [5.74, 6) is 1.30. The van der Waals surface area contributed by atoms with Gasteiger partial charge in [-0.25, -0.2) is 4.98 Å². The molecule has 1 aromatic carbocycles. The molecule has 0 spiro atoms. The molecule has 0 saturated heterocycles. The number of halogens is 1. The number of pyridine rings is 1. The molecule has 1 nitrogen and oxygen atoms in total. The van der Waals surface area contributed by atoms with Crippen molar-refractivity contribution in [2.75, 3.05) is 0 Å². The second-order valence-corrected chi connectivity index (χ2v) is 7.11. The average molecular weight is 311 g/mol. The minimum absolute atomic E-state index is 0.343. The van der Waals surface area contributed by atoms with E-state index in [-0.39, 0.29) is 5.95 Å². The van der Waals surface area contributed by atoms with Gasteiger partial charge in [-0.3, -0.25) is 0 Å². The van der Waals surface area contributed by atoms with Crippen molar-refractivity contribution < 1.29 is 4.39 Å². The Balaban J connectivity index is 1.58. The van der Waals surface area contributed by atoms with E-state index < -0.39 is 0 Å². The predicted molar refractivity (Wildman–Crippen MR) is 93.2 cm³/mol. The number of nitrogens with zero attached hydrogens (tertiary/aromatic N) is 1. The Morgan fingerprint density at radius 2 is 1.65 bits per heavy atom. The molecule has 1 aliphatic carbocycles.